The van der Waals surface area contributed by atoms with E-state index in [1.165, 1.54) is 11.8 Å². The number of carbonyl (C=O) groups excluding carboxylic acids is 3. The first-order valence-electron chi connectivity index (χ1n) is 12.3. The van der Waals surface area contributed by atoms with Crippen molar-refractivity contribution in [1.82, 2.24) is 10.2 Å². The van der Waals surface area contributed by atoms with Gasteiger partial charge in [-0.3, -0.25) is 14.4 Å². The molecule has 1 aromatic rings. The first-order valence-corrected chi connectivity index (χ1v) is 13.2. The van der Waals surface area contributed by atoms with Gasteiger partial charge in [-0.2, -0.15) is 0 Å². The number of aliphatic hydroxyl groups excluding tert-OH is 1. The molecule has 9 nitrogen and oxygen atoms in total. The number of hydrogen-bond donors (Lipinski definition) is 5. The molecule has 35 heavy (non-hydrogen) atoms. The molecule has 194 valence electrons. The Morgan fingerprint density at radius 2 is 1.91 bits per heavy atom. The van der Waals surface area contributed by atoms with Crippen molar-refractivity contribution in [3.63, 3.8) is 0 Å². The highest BCUT2D eigenvalue weighted by molar-refractivity contribution is 8.01. The molecule has 0 bridgehead atoms. The van der Waals surface area contributed by atoms with E-state index in [1.807, 2.05) is 52.0 Å². The third-order valence-electron chi connectivity index (χ3n) is 6.66. The van der Waals surface area contributed by atoms with E-state index < -0.39 is 27.6 Å². The standard InChI is InChI=1S/C25H39N5O4S/c1-5-30-21(33)18(14-27-16-9-8-10-17(13-16)28-23(34)24(2,3)4)35-22(30)19(26)20(32)29-25(15-31)11-6-7-12-25/h8-10,13,18-19,22,27,31H,5-7,11-12,14-15,26H2,1-4H3,(H,28,34)(H,29,32)/t18-,19-,22?/m1/s1. The number of carbonyl (C=O) groups is 3. The maximum atomic E-state index is 13.1. The first kappa shape index (κ1) is 27.3. The van der Waals surface area contributed by atoms with Crippen molar-refractivity contribution in [3.8, 4) is 0 Å². The molecule has 0 spiro atoms. The molecule has 2 aliphatic rings. The van der Waals surface area contributed by atoms with Crippen LogP contribution < -0.4 is 21.7 Å². The van der Waals surface area contributed by atoms with Crippen LogP contribution in [0.4, 0.5) is 11.4 Å². The van der Waals surface area contributed by atoms with Crippen LogP contribution in [-0.4, -0.2) is 69.6 Å². The smallest absolute Gasteiger partial charge is 0.240 e. The predicted octanol–water partition coefficient (Wildman–Crippen LogP) is 2.12. The summed E-state index contributed by atoms with van der Waals surface area (Å²) in [6.45, 7) is 8.14. The molecule has 3 rings (SSSR count). The zero-order valence-corrected chi connectivity index (χ0v) is 21.9. The highest BCUT2D eigenvalue weighted by atomic mass is 32.2. The summed E-state index contributed by atoms with van der Waals surface area (Å²) in [4.78, 5) is 40.0. The molecule has 10 heteroatoms. The molecule has 1 heterocycles. The zero-order valence-electron chi connectivity index (χ0n) is 21.1. The van der Waals surface area contributed by atoms with Crippen LogP contribution >= 0.6 is 11.8 Å². The van der Waals surface area contributed by atoms with E-state index in [1.54, 1.807) is 4.90 Å². The molecule has 1 unspecified atom stereocenters. The highest BCUT2D eigenvalue weighted by Gasteiger charge is 2.45. The van der Waals surface area contributed by atoms with E-state index >= 15 is 0 Å². The van der Waals surface area contributed by atoms with Crippen LogP contribution in [0.3, 0.4) is 0 Å². The third kappa shape index (κ3) is 6.48. The number of aliphatic hydroxyl groups is 1. The largest absolute Gasteiger partial charge is 0.394 e. The number of nitrogens with zero attached hydrogens (tertiary/aromatic N) is 1. The van der Waals surface area contributed by atoms with Crippen LogP contribution in [0.2, 0.25) is 0 Å². The number of hydrogen-bond acceptors (Lipinski definition) is 7. The van der Waals surface area contributed by atoms with Crippen LogP contribution in [0.5, 0.6) is 0 Å². The molecule has 1 aliphatic carbocycles. The molecule has 1 aromatic carbocycles. The molecule has 1 aliphatic heterocycles. The third-order valence-corrected chi connectivity index (χ3v) is 8.19. The monoisotopic (exact) mass is 505 g/mol. The molecule has 0 aromatic heterocycles. The summed E-state index contributed by atoms with van der Waals surface area (Å²) in [6.07, 6.45) is 3.39. The van der Waals surface area contributed by atoms with Gasteiger partial charge >= 0.3 is 0 Å². The van der Waals surface area contributed by atoms with Gasteiger partial charge in [0.05, 0.1) is 12.1 Å². The number of likely N-dealkylation sites (N-methyl/N-ethyl adjacent to an activating group) is 1. The van der Waals surface area contributed by atoms with Gasteiger partial charge in [-0.25, -0.2) is 0 Å². The number of nitrogens with two attached hydrogens (primary N) is 1. The van der Waals surface area contributed by atoms with Crippen molar-refractivity contribution >= 4 is 40.9 Å². The second-order valence-corrected chi connectivity index (χ2v) is 11.8. The van der Waals surface area contributed by atoms with Gasteiger partial charge < -0.3 is 31.7 Å². The summed E-state index contributed by atoms with van der Waals surface area (Å²) in [7, 11) is 0. The number of thioether (sulfide) groups is 1. The Hall–Kier alpha value is -2.30. The Morgan fingerprint density at radius 3 is 2.51 bits per heavy atom. The van der Waals surface area contributed by atoms with Gasteiger partial charge in [0.1, 0.15) is 16.7 Å². The van der Waals surface area contributed by atoms with Crippen LogP contribution in [0.15, 0.2) is 24.3 Å². The molecular weight excluding hydrogens is 466 g/mol. The average molecular weight is 506 g/mol. The average Bonchev–Trinajstić information content (AvgIpc) is 3.41. The van der Waals surface area contributed by atoms with E-state index in [4.69, 9.17) is 5.73 Å². The Morgan fingerprint density at radius 1 is 1.26 bits per heavy atom. The first-order chi connectivity index (χ1) is 16.5. The van der Waals surface area contributed by atoms with E-state index in [9.17, 15) is 19.5 Å². The molecular formula is C25H39N5O4S. The summed E-state index contributed by atoms with van der Waals surface area (Å²) >= 11 is 1.39. The maximum Gasteiger partial charge on any atom is 0.240 e. The highest BCUT2D eigenvalue weighted by Crippen LogP contribution is 2.35. The van der Waals surface area contributed by atoms with Crippen molar-refractivity contribution in [2.24, 2.45) is 11.1 Å². The van der Waals surface area contributed by atoms with Gasteiger partial charge in [0.25, 0.3) is 0 Å². The van der Waals surface area contributed by atoms with E-state index in [-0.39, 0.29) is 24.3 Å². The molecule has 3 amide bonds. The topological polar surface area (TPSA) is 137 Å². The quantitative estimate of drug-likeness (QED) is 0.347. The van der Waals surface area contributed by atoms with E-state index in [0.29, 0.717) is 18.8 Å². The van der Waals surface area contributed by atoms with Crippen molar-refractivity contribution in [3.05, 3.63) is 24.3 Å². The fraction of sp³-hybridized carbons (Fsp3) is 0.640. The van der Waals surface area contributed by atoms with Gasteiger partial charge in [-0.15, -0.1) is 11.8 Å². The summed E-state index contributed by atoms with van der Waals surface area (Å²) in [5.41, 5.74) is 6.69. The van der Waals surface area contributed by atoms with E-state index in [0.717, 1.165) is 31.4 Å². The lowest BCUT2D eigenvalue weighted by Gasteiger charge is -2.32. The Labute approximate surface area is 212 Å². The Bertz CT molecular complexity index is 929. The number of rotatable bonds is 9. The normalized spacial score (nSPS) is 22.7. The second-order valence-electron chi connectivity index (χ2n) is 10.5. The molecule has 1 saturated carbocycles. The Kier molecular flexibility index (Phi) is 8.72. The second kappa shape index (κ2) is 11.2. The molecule has 0 radical (unpaired) electrons. The van der Waals surface area contributed by atoms with Crippen molar-refractivity contribution in [2.45, 2.75) is 75.6 Å². The van der Waals surface area contributed by atoms with Crippen LogP contribution in [-0.2, 0) is 14.4 Å². The predicted molar refractivity (Wildman–Crippen MR) is 140 cm³/mol. The fourth-order valence-corrected chi connectivity index (χ4v) is 5.91. The molecule has 3 atom stereocenters. The minimum atomic E-state index is -0.895. The molecule has 6 N–H and O–H groups in total. The summed E-state index contributed by atoms with van der Waals surface area (Å²) < 4.78 is 0. The summed E-state index contributed by atoms with van der Waals surface area (Å²) in [5.74, 6) is -0.473. The lowest BCUT2D eigenvalue weighted by molar-refractivity contribution is -0.131. The van der Waals surface area contributed by atoms with Gasteiger partial charge in [0, 0.05) is 29.9 Å². The van der Waals surface area contributed by atoms with Gasteiger partial charge in [-0.05, 0) is 38.0 Å². The van der Waals surface area contributed by atoms with Crippen molar-refractivity contribution in [2.75, 3.05) is 30.3 Å². The lowest BCUT2D eigenvalue weighted by atomic mass is 9.95. The Balaban J connectivity index is 1.62. The van der Waals surface area contributed by atoms with Gasteiger partial charge in [-0.1, -0.05) is 39.7 Å². The van der Waals surface area contributed by atoms with Gasteiger partial charge in [0.15, 0.2) is 0 Å². The molecule has 1 saturated heterocycles. The molecule has 2 fully saturated rings. The zero-order chi connectivity index (χ0) is 25.8. The number of anilines is 2. The number of benzene rings is 1. The van der Waals surface area contributed by atoms with E-state index in [2.05, 4.69) is 16.0 Å². The SMILES string of the molecule is CCN1C(=O)[C@@H](CNc2cccc(NC(=O)C(C)(C)C)c2)SC1[C@H](N)C(=O)NC1(CO)CCCC1. The fourth-order valence-electron chi connectivity index (χ4n) is 4.44. The number of amides is 3. The van der Waals surface area contributed by atoms with Crippen molar-refractivity contribution < 1.29 is 19.5 Å². The van der Waals surface area contributed by atoms with Gasteiger partial charge in [0.2, 0.25) is 17.7 Å². The van der Waals surface area contributed by atoms with Crippen LogP contribution in [0.1, 0.15) is 53.4 Å². The van der Waals surface area contributed by atoms with Crippen LogP contribution in [0.25, 0.3) is 0 Å². The minimum Gasteiger partial charge on any atom is -0.394 e. The minimum absolute atomic E-state index is 0.0619. The summed E-state index contributed by atoms with van der Waals surface area (Å²) in [5, 5.41) is 18.1. The maximum absolute atomic E-state index is 13.1. The summed E-state index contributed by atoms with van der Waals surface area (Å²) in [6, 6.07) is 6.47. The lowest BCUT2D eigenvalue weighted by Crippen LogP contribution is -2.59. The van der Waals surface area contributed by atoms with Crippen molar-refractivity contribution in [1.29, 1.82) is 0 Å². The van der Waals surface area contributed by atoms with Crippen LogP contribution in [0, 0.1) is 5.41 Å². The number of nitrogens with one attached hydrogen (secondary N) is 3.